The van der Waals surface area contributed by atoms with Crippen LogP contribution in [0.25, 0.3) is 0 Å². The Kier molecular flexibility index (Phi) is 7.55. The Balaban J connectivity index is 1.86. The van der Waals surface area contributed by atoms with Gasteiger partial charge in [0.2, 0.25) is 5.75 Å². The number of halogens is 2. The van der Waals surface area contributed by atoms with E-state index in [0.29, 0.717) is 51.4 Å². The minimum atomic E-state index is -0.211. The summed E-state index contributed by atoms with van der Waals surface area (Å²) < 4.78 is 16.9. The smallest absolute Gasteiger partial charge is 0.204 e. The fraction of sp³-hybridized carbons (Fsp3) is 0.217. The van der Waals surface area contributed by atoms with E-state index in [4.69, 9.17) is 37.4 Å². The quantitative estimate of drug-likeness (QED) is 0.409. The van der Waals surface area contributed by atoms with Crippen LogP contribution < -0.4 is 14.2 Å². The van der Waals surface area contributed by atoms with Crippen LogP contribution in [0.15, 0.2) is 54.9 Å². The van der Waals surface area contributed by atoms with Crippen molar-refractivity contribution in [2.24, 2.45) is 0 Å². The number of carbonyl (C=O) groups is 1. The number of carbonyl (C=O) groups excluding carboxylic acids is 1. The molecular formula is C23H21Cl2NO4. The van der Waals surface area contributed by atoms with Gasteiger partial charge in [-0.15, -0.1) is 0 Å². The van der Waals surface area contributed by atoms with E-state index in [9.17, 15) is 4.79 Å². The SMILES string of the molecule is COc1ccc(C(=O)Cc2c(Cl)cncc2Cl)c(OC)c1OCCc1ccccc1. The molecule has 3 rings (SSSR count). The van der Waals surface area contributed by atoms with Crippen LogP contribution in [0.5, 0.6) is 17.2 Å². The Labute approximate surface area is 185 Å². The zero-order chi connectivity index (χ0) is 21.5. The molecule has 0 aliphatic rings. The molecule has 156 valence electrons. The van der Waals surface area contributed by atoms with Crippen molar-refractivity contribution in [2.45, 2.75) is 12.8 Å². The van der Waals surface area contributed by atoms with E-state index >= 15 is 0 Å². The van der Waals surface area contributed by atoms with Crippen molar-refractivity contribution in [3.63, 3.8) is 0 Å². The third-order valence-corrected chi connectivity index (χ3v) is 5.22. The molecule has 30 heavy (non-hydrogen) atoms. The van der Waals surface area contributed by atoms with E-state index in [1.165, 1.54) is 26.6 Å². The topological polar surface area (TPSA) is 57.7 Å². The van der Waals surface area contributed by atoms with Gasteiger partial charge in [0.1, 0.15) is 0 Å². The number of nitrogens with zero attached hydrogens (tertiary/aromatic N) is 1. The maximum absolute atomic E-state index is 13.0. The van der Waals surface area contributed by atoms with Crippen LogP contribution in [0.4, 0.5) is 0 Å². The summed E-state index contributed by atoms with van der Waals surface area (Å²) in [5.74, 6) is 0.969. The number of benzene rings is 2. The summed E-state index contributed by atoms with van der Waals surface area (Å²) in [4.78, 5) is 16.9. The first kappa shape index (κ1) is 21.9. The first-order valence-corrected chi connectivity index (χ1v) is 10.0. The van der Waals surface area contributed by atoms with Gasteiger partial charge in [-0.3, -0.25) is 9.78 Å². The number of hydrogen-bond donors (Lipinski definition) is 0. The van der Waals surface area contributed by atoms with Crippen molar-refractivity contribution in [1.29, 1.82) is 0 Å². The van der Waals surface area contributed by atoms with E-state index in [2.05, 4.69) is 4.98 Å². The second kappa shape index (κ2) is 10.3. The molecule has 0 saturated heterocycles. The highest BCUT2D eigenvalue weighted by Crippen LogP contribution is 2.41. The molecule has 2 aromatic carbocycles. The van der Waals surface area contributed by atoms with Crippen molar-refractivity contribution in [1.82, 2.24) is 4.98 Å². The average molecular weight is 446 g/mol. The molecule has 3 aromatic rings. The lowest BCUT2D eigenvalue weighted by Gasteiger charge is -2.17. The number of rotatable bonds is 9. The highest BCUT2D eigenvalue weighted by Gasteiger charge is 2.23. The summed E-state index contributed by atoms with van der Waals surface area (Å²) in [5.41, 5.74) is 2.02. The molecule has 0 N–H and O–H groups in total. The van der Waals surface area contributed by atoms with E-state index in [1.54, 1.807) is 12.1 Å². The van der Waals surface area contributed by atoms with Gasteiger partial charge in [0, 0.05) is 30.8 Å². The van der Waals surface area contributed by atoms with Gasteiger partial charge in [-0.25, -0.2) is 0 Å². The Bertz CT molecular complexity index is 1000. The summed E-state index contributed by atoms with van der Waals surface area (Å²) in [6, 6.07) is 13.3. The lowest BCUT2D eigenvalue weighted by molar-refractivity contribution is 0.0989. The van der Waals surface area contributed by atoms with Crippen LogP contribution in [-0.2, 0) is 12.8 Å². The molecule has 0 aliphatic carbocycles. The lowest BCUT2D eigenvalue weighted by atomic mass is 10.0. The second-order valence-electron chi connectivity index (χ2n) is 6.44. The van der Waals surface area contributed by atoms with E-state index in [-0.39, 0.29) is 12.2 Å². The van der Waals surface area contributed by atoms with Crippen LogP contribution in [0.3, 0.4) is 0 Å². The van der Waals surface area contributed by atoms with Crippen LogP contribution in [-0.4, -0.2) is 31.6 Å². The van der Waals surface area contributed by atoms with Crippen molar-refractivity contribution >= 4 is 29.0 Å². The Morgan fingerprint density at radius 1 is 0.933 bits per heavy atom. The minimum absolute atomic E-state index is 0.00628. The van der Waals surface area contributed by atoms with Gasteiger partial charge in [-0.05, 0) is 17.7 Å². The standard InChI is InChI=1S/C23H21Cl2NO4/c1-28-21-9-8-16(20(27)12-17-18(24)13-26-14-19(17)25)22(29-2)23(21)30-11-10-15-6-4-3-5-7-15/h3-9,13-14H,10-12H2,1-2H3. The summed E-state index contributed by atoms with van der Waals surface area (Å²) in [5, 5.41) is 0.672. The molecular weight excluding hydrogens is 425 g/mol. The van der Waals surface area contributed by atoms with Crippen molar-refractivity contribution < 1.29 is 19.0 Å². The first-order valence-electron chi connectivity index (χ1n) is 9.28. The summed E-state index contributed by atoms with van der Waals surface area (Å²) in [7, 11) is 3.03. The molecule has 0 unspecified atom stereocenters. The Morgan fingerprint density at radius 2 is 1.63 bits per heavy atom. The number of hydrogen-bond acceptors (Lipinski definition) is 5. The highest BCUT2D eigenvalue weighted by molar-refractivity contribution is 6.36. The van der Waals surface area contributed by atoms with Gasteiger partial charge in [0.25, 0.3) is 0 Å². The van der Waals surface area contributed by atoms with Crippen molar-refractivity contribution in [3.05, 3.63) is 81.6 Å². The number of methoxy groups -OCH3 is 2. The van der Waals surface area contributed by atoms with Crippen LogP contribution in [0.2, 0.25) is 10.0 Å². The van der Waals surface area contributed by atoms with Crippen LogP contribution in [0.1, 0.15) is 21.5 Å². The molecule has 7 heteroatoms. The number of Topliss-reactive ketones (excluding diaryl/α,β-unsaturated/α-hetero) is 1. The van der Waals surface area contributed by atoms with E-state index in [1.807, 2.05) is 30.3 Å². The molecule has 5 nitrogen and oxygen atoms in total. The zero-order valence-corrected chi connectivity index (χ0v) is 18.2. The fourth-order valence-electron chi connectivity index (χ4n) is 3.04. The number of aromatic nitrogens is 1. The minimum Gasteiger partial charge on any atom is -0.493 e. The summed E-state index contributed by atoms with van der Waals surface area (Å²) in [6.07, 6.45) is 3.62. The molecule has 0 aliphatic heterocycles. The van der Waals surface area contributed by atoms with Crippen molar-refractivity contribution in [3.8, 4) is 17.2 Å². The lowest BCUT2D eigenvalue weighted by Crippen LogP contribution is -2.10. The van der Waals surface area contributed by atoms with Crippen molar-refractivity contribution in [2.75, 3.05) is 20.8 Å². The predicted molar refractivity (Wildman–Crippen MR) is 117 cm³/mol. The highest BCUT2D eigenvalue weighted by atomic mass is 35.5. The molecule has 0 radical (unpaired) electrons. The molecule has 1 heterocycles. The van der Waals surface area contributed by atoms with Gasteiger partial charge in [0.05, 0.1) is 36.4 Å². The molecule has 0 bridgehead atoms. The molecule has 1 aromatic heterocycles. The maximum atomic E-state index is 13.0. The monoisotopic (exact) mass is 445 g/mol. The molecule has 0 fully saturated rings. The summed E-state index contributed by atoms with van der Waals surface area (Å²) >= 11 is 12.3. The Morgan fingerprint density at radius 3 is 2.27 bits per heavy atom. The third kappa shape index (κ3) is 5.04. The predicted octanol–water partition coefficient (Wildman–Crippen LogP) is 5.45. The maximum Gasteiger partial charge on any atom is 0.204 e. The van der Waals surface area contributed by atoms with Gasteiger partial charge in [0.15, 0.2) is 17.3 Å². The fourth-order valence-corrected chi connectivity index (χ4v) is 3.54. The Hall–Kier alpha value is -2.76. The van der Waals surface area contributed by atoms with Crippen LogP contribution in [0, 0.1) is 0 Å². The molecule has 0 amide bonds. The van der Waals surface area contributed by atoms with Gasteiger partial charge in [-0.2, -0.15) is 0 Å². The third-order valence-electron chi connectivity index (χ3n) is 4.57. The van der Waals surface area contributed by atoms with Crippen LogP contribution >= 0.6 is 23.2 Å². The molecule has 0 saturated carbocycles. The van der Waals surface area contributed by atoms with Gasteiger partial charge >= 0.3 is 0 Å². The van der Waals surface area contributed by atoms with Gasteiger partial charge in [-0.1, -0.05) is 53.5 Å². The zero-order valence-electron chi connectivity index (χ0n) is 16.7. The molecule has 0 spiro atoms. The number of ether oxygens (including phenoxy) is 3. The van der Waals surface area contributed by atoms with Gasteiger partial charge < -0.3 is 14.2 Å². The van der Waals surface area contributed by atoms with E-state index in [0.717, 1.165) is 5.56 Å². The largest absolute Gasteiger partial charge is 0.493 e. The number of ketones is 1. The average Bonchev–Trinajstić information content (AvgIpc) is 2.76. The summed E-state index contributed by atoms with van der Waals surface area (Å²) in [6.45, 7) is 0.399. The van der Waals surface area contributed by atoms with E-state index < -0.39 is 0 Å². The molecule has 0 atom stereocenters. The first-order chi connectivity index (χ1) is 14.5. The number of pyridine rings is 1. The second-order valence-corrected chi connectivity index (χ2v) is 7.26. The normalized spacial score (nSPS) is 10.5.